The Morgan fingerprint density at radius 1 is 1.40 bits per heavy atom. The summed E-state index contributed by atoms with van der Waals surface area (Å²) in [5, 5.41) is 11.0. The molecule has 110 valence electrons. The molecule has 0 radical (unpaired) electrons. The van der Waals surface area contributed by atoms with Gasteiger partial charge in [0, 0.05) is 5.56 Å². The summed E-state index contributed by atoms with van der Waals surface area (Å²) in [4.78, 5) is 23.0. The van der Waals surface area contributed by atoms with Gasteiger partial charge in [0.25, 0.3) is 0 Å². The van der Waals surface area contributed by atoms with Crippen LogP contribution in [0.15, 0.2) is 24.3 Å². The van der Waals surface area contributed by atoms with Crippen LogP contribution in [0.4, 0.5) is 4.39 Å². The first-order chi connectivity index (χ1) is 9.34. The molecule has 1 aromatic rings. The van der Waals surface area contributed by atoms with E-state index in [2.05, 4.69) is 5.32 Å². The lowest BCUT2D eigenvalue weighted by atomic mass is 9.83. The second-order valence-electron chi connectivity index (χ2n) is 4.84. The van der Waals surface area contributed by atoms with Gasteiger partial charge in [0.15, 0.2) is 6.04 Å². The molecule has 0 saturated heterocycles. The Kier molecular flexibility index (Phi) is 5.07. The zero-order valence-corrected chi connectivity index (χ0v) is 11.6. The fourth-order valence-electron chi connectivity index (χ4n) is 1.79. The van der Waals surface area contributed by atoms with Crippen LogP contribution in [0.1, 0.15) is 19.4 Å². The largest absolute Gasteiger partial charge is 0.496 e. The highest BCUT2D eigenvalue weighted by molar-refractivity contribution is 5.91. The lowest BCUT2D eigenvalue weighted by Crippen LogP contribution is -2.49. The molecule has 0 saturated carbocycles. The number of hydrogen-bond acceptors (Lipinski definition) is 3. The molecule has 0 fully saturated rings. The van der Waals surface area contributed by atoms with E-state index in [0.717, 1.165) is 0 Å². The molecule has 1 rings (SSSR count). The third-order valence-corrected chi connectivity index (χ3v) is 3.11. The van der Waals surface area contributed by atoms with Crippen LogP contribution < -0.4 is 10.1 Å². The summed E-state index contributed by atoms with van der Waals surface area (Å²) in [7, 11) is 1.48. The predicted molar refractivity (Wildman–Crippen MR) is 71.6 cm³/mol. The molecule has 0 spiro atoms. The Morgan fingerprint density at radius 2 is 2.00 bits per heavy atom. The summed E-state index contributed by atoms with van der Waals surface area (Å²) in [6.45, 7) is 2.08. The number of methoxy groups -OCH3 is 1. The molecule has 1 amide bonds. The van der Waals surface area contributed by atoms with Crippen LogP contribution in [-0.4, -0.2) is 36.8 Å². The normalized spacial score (nSPS) is 12.6. The van der Waals surface area contributed by atoms with Crippen molar-refractivity contribution in [3.05, 3.63) is 29.8 Å². The van der Waals surface area contributed by atoms with Gasteiger partial charge in [-0.1, -0.05) is 18.2 Å². The highest BCUT2D eigenvalue weighted by atomic mass is 19.1. The van der Waals surface area contributed by atoms with Crippen molar-refractivity contribution in [3.63, 3.8) is 0 Å². The molecule has 6 heteroatoms. The molecule has 0 heterocycles. The van der Waals surface area contributed by atoms with Crippen molar-refractivity contribution in [2.24, 2.45) is 0 Å². The maximum Gasteiger partial charge on any atom is 0.328 e. The van der Waals surface area contributed by atoms with Gasteiger partial charge >= 0.3 is 5.97 Å². The number of rotatable bonds is 6. The first-order valence-electron chi connectivity index (χ1n) is 6.07. The molecule has 0 bridgehead atoms. The number of amides is 1. The van der Waals surface area contributed by atoms with E-state index in [-0.39, 0.29) is 0 Å². The highest BCUT2D eigenvalue weighted by Gasteiger charge is 2.35. The number of para-hydroxylation sites is 1. The van der Waals surface area contributed by atoms with E-state index in [4.69, 9.17) is 9.84 Å². The summed E-state index contributed by atoms with van der Waals surface area (Å²) in [6, 6.07) is 5.38. The van der Waals surface area contributed by atoms with Crippen molar-refractivity contribution in [1.82, 2.24) is 5.32 Å². The van der Waals surface area contributed by atoms with Gasteiger partial charge in [0.1, 0.15) is 12.4 Å². The minimum Gasteiger partial charge on any atom is -0.496 e. The molecule has 1 aromatic carbocycles. The van der Waals surface area contributed by atoms with Crippen LogP contribution in [0.5, 0.6) is 5.75 Å². The SMILES string of the molecule is COc1ccccc1C(C)(C)C(=O)NC(CF)C(=O)O. The summed E-state index contributed by atoms with van der Waals surface area (Å²) < 4.78 is 17.8. The molecular weight excluding hydrogens is 265 g/mol. The fraction of sp³-hybridized carbons (Fsp3) is 0.429. The van der Waals surface area contributed by atoms with Gasteiger partial charge in [-0.25, -0.2) is 9.18 Å². The molecule has 0 aliphatic heterocycles. The van der Waals surface area contributed by atoms with Crippen molar-refractivity contribution < 1.29 is 23.8 Å². The first-order valence-corrected chi connectivity index (χ1v) is 6.07. The lowest BCUT2D eigenvalue weighted by Gasteiger charge is -2.27. The van der Waals surface area contributed by atoms with E-state index in [9.17, 15) is 14.0 Å². The Bertz CT molecular complexity index is 502. The molecule has 20 heavy (non-hydrogen) atoms. The highest BCUT2D eigenvalue weighted by Crippen LogP contribution is 2.31. The molecular formula is C14H18FNO4. The van der Waals surface area contributed by atoms with E-state index in [1.807, 2.05) is 0 Å². The van der Waals surface area contributed by atoms with E-state index >= 15 is 0 Å². The number of carbonyl (C=O) groups is 2. The van der Waals surface area contributed by atoms with Crippen molar-refractivity contribution in [1.29, 1.82) is 0 Å². The second-order valence-corrected chi connectivity index (χ2v) is 4.84. The average Bonchev–Trinajstić information content (AvgIpc) is 2.43. The lowest BCUT2D eigenvalue weighted by molar-refractivity contribution is -0.143. The number of halogens is 1. The van der Waals surface area contributed by atoms with Gasteiger partial charge in [-0.15, -0.1) is 0 Å². The monoisotopic (exact) mass is 283 g/mol. The minimum atomic E-state index is -1.54. The summed E-state index contributed by atoms with van der Waals surface area (Å²) in [5.41, 5.74) is -0.446. The van der Waals surface area contributed by atoms with Crippen molar-refractivity contribution in [3.8, 4) is 5.75 Å². The van der Waals surface area contributed by atoms with Crippen molar-refractivity contribution >= 4 is 11.9 Å². The van der Waals surface area contributed by atoms with Crippen LogP contribution in [0.2, 0.25) is 0 Å². The van der Waals surface area contributed by atoms with Gasteiger partial charge in [-0.2, -0.15) is 0 Å². The van der Waals surface area contributed by atoms with Crippen LogP contribution in [0, 0.1) is 0 Å². The summed E-state index contributed by atoms with van der Waals surface area (Å²) in [5.74, 6) is -1.47. The maximum absolute atomic E-state index is 12.6. The van der Waals surface area contributed by atoms with Gasteiger partial charge in [-0.3, -0.25) is 4.79 Å². The van der Waals surface area contributed by atoms with E-state index in [0.29, 0.717) is 11.3 Å². The molecule has 1 unspecified atom stereocenters. The van der Waals surface area contributed by atoms with E-state index in [1.54, 1.807) is 38.1 Å². The number of carboxylic acids is 1. The second kappa shape index (κ2) is 6.36. The summed E-state index contributed by atoms with van der Waals surface area (Å²) >= 11 is 0. The first kappa shape index (κ1) is 15.9. The molecule has 0 aliphatic rings. The zero-order valence-electron chi connectivity index (χ0n) is 11.6. The van der Waals surface area contributed by atoms with E-state index in [1.165, 1.54) is 7.11 Å². The zero-order chi connectivity index (χ0) is 15.3. The Morgan fingerprint density at radius 3 is 2.50 bits per heavy atom. The quantitative estimate of drug-likeness (QED) is 0.830. The van der Waals surface area contributed by atoms with Crippen LogP contribution in [0.3, 0.4) is 0 Å². The Hall–Kier alpha value is -2.11. The number of carboxylic acid groups (broad SMARTS) is 1. The molecule has 2 N–H and O–H groups in total. The topological polar surface area (TPSA) is 75.6 Å². The Labute approximate surface area is 116 Å². The smallest absolute Gasteiger partial charge is 0.328 e. The van der Waals surface area contributed by atoms with Crippen LogP contribution in [-0.2, 0) is 15.0 Å². The van der Waals surface area contributed by atoms with Gasteiger partial charge in [0.2, 0.25) is 5.91 Å². The average molecular weight is 283 g/mol. The van der Waals surface area contributed by atoms with E-state index < -0.39 is 30.0 Å². The van der Waals surface area contributed by atoms with Crippen molar-refractivity contribution in [2.45, 2.75) is 25.3 Å². The number of aliphatic carboxylic acids is 1. The predicted octanol–water partition coefficient (Wildman–Crippen LogP) is 1.51. The fourth-order valence-corrected chi connectivity index (χ4v) is 1.79. The molecule has 0 aliphatic carbocycles. The third kappa shape index (κ3) is 3.26. The molecule has 0 aromatic heterocycles. The number of ether oxygens (including phenoxy) is 1. The number of nitrogens with one attached hydrogen (secondary N) is 1. The van der Waals surface area contributed by atoms with Gasteiger partial charge < -0.3 is 15.2 Å². The number of benzene rings is 1. The summed E-state index contributed by atoms with van der Waals surface area (Å²) in [6.07, 6.45) is 0. The number of alkyl halides is 1. The van der Waals surface area contributed by atoms with Gasteiger partial charge in [-0.05, 0) is 19.9 Å². The van der Waals surface area contributed by atoms with Crippen LogP contribution in [0.25, 0.3) is 0 Å². The number of hydrogen-bond donors (Lipinski definition) is 2. The van der Waals surface area contributed by atoms with Gasteiger partial charge in [0.05, 0.1) is 12.5 Å². The number of carbonyl (C=O) groups excluding carboxylic acids is 1. The third-order valence-electron chi connectivity index (χ3n) is 3.11. The standard InChI is InChI=1S/C14H18FNO4/c1-14(2,9-6-4-5-7-11(9)20-3)13(19)16-10(8-15)12(17)18/h4-7,10H,8H2,1-3H3,(H,16,19)(H,17,18). The Balaban J connectivity index is 3.03. The minimum absolute atomic E-state index is 0.514. The molecule has 5 nitrogen and oxygen atoms in total. The van der Waals surface area contributed by atoms with Crippen molar-refractivity contribution in [2.75, 3.05) is 13.8 Å². The molecule has 1 atom stereocenters. The maximum atomic E-state index is 12.6. The van der Waals surface area contributed by atoms with Crippen LogP contribution >= 0.6 is 0 Å².